The first-order valence-electron chi connectivity index (χ1n) is 4.33. The van der Waals surface area contributed by atoms with Crippen LogP contribution in [0, 0.1) is 0 Å². The molecule has 0 amide bonds. The van der Waals surface area contributed by atoms with Gasteiger partial charge >= 0.3 is 0 Å². The molecule has 0 aliphatic rings. The Labute approximate surface area is 78.2 Å². The van der Waals surface area contributed by atoms with Gasteiger partial charge in [0.05, 0.1) is 6.61 Å². The summed E-state index contributed by atoms with van der Waals surface area (Å²) in [6.07, 6.45) is 2.61. The van der Waals surface area contributed by atoms with E-state index in [0.717, 1.165) is 17.8 Å². The van der Waals surface area contributed by atoms with E-state index in [1.54, 1.807) is 6.20 Å². The highest BCUT2D eigenvalue weighted by molar-refractivity contribution is 5.82. The molecule has 1 aromatic heterocycles. The fourth-order valence-corrected chi connectivity index (χ4v) is 0.957. The van der Waals surface area contributed by atoms with Crippen molar-refractivity contribution in [3.05, 3.63) is 30.1 Å². The fourth-order valence-electron chi connectivity index (χ4n) is 0.957. The van der Waals surface area contributed by atoms with E-state index in [9.17, 15) is 0 Å². The molecule has 70 valence electrons. The van der Waals surface area contributed by atoms with E-state index in [1.165, 1.54) is 0 Å². The van der Waals surface area contributed by atoms with Crippen LogP contribution in [-0.2, 0) is 6.42 Å². The van der Waals surface area contributed by atoms with E-state index < -0.39 is 0 Å². The molecule has 3 nitrogen and oxygen atoms in total. The lowest BCUT2D eigenvalue weighted by Gasteiger charge is -1.97. The second-order valence-corrected chi connectivity index (χ2v) is 2.85. The largest absolute Gasteiger partial charge is 0.390 e. The van der Waals surface area contributed by atoms with Gasteiger partial charge in [-0.15, -0.1) is 0 Å². The lowest BCUT2D eigenvalue weighted by molar-refractivity contribution is 0.356. The molecule has 13 heavy (non-hydrogen) atoms. The van der Waals surface area contributed by atoms with Crippen molar-refractivity contribution < 1.29 is 5.11 Å². The molecule has 0 spiro atoms. The second kappa shape index (κ2) is 5.43. The molecular formula is C10H14N2O. The minimum atomic E-state index is 0.0439. The third-order valence-electron chi connectivity index (χ3n) is 1.70. The van der Waals surface area contributed by atoms with Crippen LogP contribution in [0.2, 0.25) is 0 Å². The van der Waals surface area contributed by atoms with Crippen LogP contribution in [0.4, 0.5) is 0 Å². The molecule has 1 heterocycles. The highest BCUT2D eigenvalue weighted by Gasteiger charge is 1.91. The van der Waals surface area contributed by atoms with Crippen molar-refractivity contribution in [2.75, 3.05) is 13.2 Å². The van der Waals surface area contributed by atoms with E-state index in [2.05, 4.69) is 9.98 Å². The first-order chi connectivity index (χ1) is 6.33. The predicted molar refractivity (Wildman–Crippen MR) is 53.0 cm³/mol. The lowest BCUT2D eigenvalue weighted by atomic mass is 10.3. The lowest BCUT2D eigenvalue weighted by Crippen LogP contribution is -2.01. The Bertz CT molecular complexity index is 270. The van der Waals surface area contributed by atoms with E-state index in [4.69, 9.17) is 5.11 Å². The fraction of sp³-hybridized carbons (Fsp3) is 0.400. The number of hydrogen-bond donors (Lipinski definition) is 1. The van der Waals surface area contributed by atoms with Gasteiger partial charge in [0, 0.05) is 30.6 Å². The van der Waals surface area contributed by atoms with Crippen LogP contribution >= 0.6 is 0 Å². The van der Waals surface area contributed by atoms with Gasteiger partial charge in [-0.3, -0.25) is 9.98 Å². The number of aliphatic hydroxyl groups is 1. The molecule has 0 aliphatic heterocycles. The second-order valence-electron chi connectivity index (χ2n) is 2.85. The molecule has 0 aromatic carbocycles. The average Bonchev–Trinajstić information content (AvgIpc) is 2.19. The molecule has 0 unspecified atom stereocenters. The molecule has 3 heteroatoms. The van der Waals surface area contributed by atoms with Gasteiger partial charge < -0.3 is 5.11 Å². The van der Waals surface area contributed by atoms with Gasteiger partial charge in [-0.1, -0.05) is 6.07 Å². The Morgan fingerprint density at radius 3 is 3.00 bits per heavy atom. The first-order valence-corrected chi connectivity index (χ1v) is 4.33. The summed E-state index contributed by atoms with van der Waals surface area (Å²) in [5.41, 5.74) is 1.81. The Kier molecular flexibility index (Phi) is 4.12. The summed E-state index contributed by atoms with van der Waals surface area (Å²) in [4.78, 5) is 8.33. The van der Waals surface area contributed by atoms with Crippen LogP contribution in [0.5, 0.6) is 0 Å². The average molecular weight is 178 g/mol. The van der Waals surface area contributed by atoms with Crippen LogP contribution in [0.15, 0.2) is 29.4 Å². The van der Waals surface area contributed by atoms with Crippen LogP contribution in [0.1, 0.15) is 12.6 Å². The normalized spacial score (nSPS) is 11.7. The van der Waals surface area contributed by atoms with Crippen molar-refractivity contribution in [3.8, 4) is 0 Å². The van der Waals surface area contributed by atoms with Crippen molar-refractivity contribution in [1.29, 1.82) is 0 Å². The molecule has 1 aromatic rings. The van der Waals surface area contributed by atoms with Crippen LogP contribution in [-0.4, -0.2) is 29.0 Å². The Morgan fingerprint density at radius 1 is 1.54 bits per heavy atom. The molecule has 0 bridgehead atoms. The SMILES string of the molecule is CC(CO)=NCCc1ccccn1. The highest BCUT2D eigenvalue weighted by atomic mass is 16.3. The molecule has 1 N–H and O–H groups in total. The molecular weight excluding hydrogens is 164 g/mol. The minimum absolute atomic E-state index is 0.0439. The van der Waals surface area contributed by atoms with Crippen molar-refractivity contribution in [3.63, 3.8) is 0 Å². The number of nitrogens with zero attached hydrogens (tertiary/aromatic N) is 2. The molecule has 0 saturated carbocycles. The Balaban J connectivity index is 2.36. The monoisotopic (exact) mass is 178 g/mol. The summed E-state index contributed by atoms with van der Waals surface area (Å²) in [6, 6.07) is 5.83. The molecule has 0 atom stereocenters. The Morgan fingerprint density at radius 2 is 2.38 bits per heavy atom. The zero-order valence-electron chi connectivity index (χ0n) is 7.77. The third-order valence-corrected chi connectivity index (χ3v) is 1.70. The van der Waals surface area contributed by atoms with Gasteiger partial charge in [-0.25, -0.2) is 0 Å². The maximum Gasteiger partial charge on any atom is 0.0806 e. The molecule has 0 fully saturated rings. The van der Waals surface area contributed by atoms with Gasteiger partial charge in [0.15, 0.2) is 0 Å². The summed E-state index contributed by atoms with van der Waals surface area (Å²) >= 11 is 0. The predicted octanol–water partition coefficient (Wildman–Crippen LogP) is 1.08. The standard InChI is InChI=1S/C10H14N2O/c1-9(8-13)11-7-5-10-4-2-3-6-12-10/h2-4,6,13H,5,7-8H2,1H3. The van der Waals surface area contributed by atoms with E-state index in [0.29, 0.717) is 6.54 Å². The quantitative estimate of drug-likeness (QED) is 0.701. The Hall–Kier alpha value is -1.22. The van der Waals surface area contributed by atoms with Crippen LogP contribution in [0.25, 0.3) is 0 Å². The minimum Gasteiger partial charge on any atom is -0.390 e. The van der Waals surface area contributed by atoms with Gasteiger partial charge in [-0.2, -0.15) is 0 Å². The van der Waals surface area contributed by atoms with Crippen molar-refractivity contribution >= 4 is 5.71 Å². The number of aliphatic hydroxyl groups excluding tert-OH is 1. The zero-order valence-corrected chi connectivity index (χ0v) is 7.77. The maximum atomic E-state index is 8.69. The van der Waals surface area contributed by atoms with Crippen molar-refractivity contribution in [2.45, 2.75) is 13.3 Å². The van der Waals surface area contributed by atoms with Crippen molar-refractivity contribution in [1.82, 2.24) is 4.98 Å². The molecule has 0 saturated heterocycles. The number of hydrogen-bond acceptors (Lipinski definition) is 3. The molecule has 0 aliphatic carbocycles. The first kappa shape index (κ1) is 9.86. The molecule has 0 radical (unpaired) electrons. The van der Waals surface area contributed by atoms with Crippen LogP contribution in [0.3, 0.4) is 0 Å². The molecule has 1 rings (SSSR count). The summed E-state index contributed by atoms with van der Waals surface area (Å²) < 4.78 is 0. The van der Waals surface area contributed by atoms with Gasteiger partial charge in [0.1, 0.15) is 0 Å². The van der Waals surface area contributed by atoms with E-state index >= 15 is 0 Å². The summed E-state index contributed by atoms with van der Waals surface area (Å²) in [7, 11) is 0. The van der Waals surface area contributed by atoms with Crippen molar-refractivity contribution in [2.24, 2.45) is 4.99 Å². The summed E-state index contributed by atoms with van der Waals surface area (Å²) in [6.45, 7) is 2.56. The smallest absolute Gasteiger partial charge is 0.0806 e. The number of pyridine rings is 1. The van der Waals surface area contributed by atoms with E-state index in [-0.39, 0.29) is 6.61 Å². The maximum absolute atomic E-state index is 8.69. The topological polar surface area (TPSA) is 45.5 Å². The number of aliphatic imine (C=N–C) groups is 1. The number of rotatable bonds is 4. The summed E-state index contributed by atoms with van der Waals surface area (Å²) in [5.74, 6) is 0. The van der Waals surface area contributed by atoms with E-state index in [1.807, 2.05) is 25.1 Å². The zero-order chi connectivity index (χ0) is 9.52. The summed E-state index contributed by atoms with van der Waals surface area (Å²) in [5, 5.41) is 8.69. The van der Waals surface area contributed by atoms with Gasteiger partial charge in [0.2, 0.25) is 0 Å². The highest BCUT2D eigenvalue weighted by Crippen LogP contribution is 1.94. The van der Waals surface area contributed by atoms with Gasteiger partial charge in [-0.05, 0) is 19.1 Å². The van der Waals surface area contributed by atoms with Crippen LogP contribution < -0.4 is 0 Å². The number of aromatic nitrogens is 1. The third kappa shape index (κ3) is 3.80. The van der Waals surface area contributed by atoms with Gasteiger partial charge in [0.25, 0.3) is 0 Å².